The summed E-state index contributed by atoms with van der Waals surface area (Å²) < 4.78 is 6.79. The molecule has 0 unspecified atom stereocenters. The molecule has 0 aliphatic rings. The number of aryl methyl sites for hydroxylation is 1. The number of nitrogens with zero attached hydrogens (tertiary/aromatic N) is 5. The van der Waals surface area contributed by atoms with Crippen molar-refractivity contribution in [3.63, 3.8) is 0 Å². The molecule has 2 heterocycles. The maximum absolute atomic E-state index is 12.7. The van der Waals surface area contributed by atoms with E-state index in [9.17, 15) is 4.79 Å². The summed E-state index contributed by atoms with van der Waals surface area (Å²) in [5.41, 5.74) is 1.17. The maximum Gasteiger partial charge on any atom is 0.254 e. The Kier molecular flexibility index (Phi) is 4.57. The van der Waals surface area contributed by atoms with Gasteiger partial charge >= 0.3 is 0 Å². The number of tetrazole rings is 1. The van der Waals surface area contributed by atoms with E-state index < -0.39 is 0 Å². The highest BCUT2D eigenvalue weighted by Crippen LogP contribution is 2.24. The van der Waals surface area contributed by atoms with Gasteiger partial charge in [-0.15, -0.1) is 16.4 Å². The van der Waals surface area contributed by atoms with Crippen molar-refractivity contribution >= 4 is 17.2 Å². The van der Waals surface area contributed by atoms with Gasteiger partial charge in [-0.1, -0.05) is 0 Å². The monoisotopic (exact) mass is 343 g/mol. The van der Waals surface area contributed by atoms with Crippen LogP contribution in [0.3, 0.4) is 0 Å². The van der Waals surface area contributed by atoms with E-state index in [0.717, 1.165) is 4.88 Å². The lowest BCUT2D eigenvalue weighted by Gasteiger charge is -2.17. The number of methoxy groups -OCH3 is 1. The van der Waals surface area contributed by atoms with Crippen molar-refractivity contribution in [1.82, 2.24) is 25.1 Å². The Labute approximate surface area is 143 Å². The Balaban J connectivity index is 1.85. The second-order valence-corrected chi connectivity index (χ2v) is 6.69. The van der Waals surface area contributed by atoms with Crippen molar-refractivity contribution in [1.29, 1.82) is 0 Å². The van der Waals surface area contributed by atoms with Crippen LogP contribution in [0.5, 0.6) is 5.75 Å². The van der Waals surface area contributed by atoms with E-state index in [0.29, 0.717) is 23.5 Å². The number of aromatic nitrogens is 4. The molecule has 1 aromatic carbocycles. The minimum absolute atomic E-state index is 0.0713. The molecule has 0 spiro atoms. The molecule has 0 atom stereocenters. The number of rotatable bonds is 5. The van der Waals surface area contributed by atoms with Crippen LogP contribution in [0, 0.1) is 6.92 Å². The first-order chi connectivity index (χ1) is 11.6. The summed E-state index contributed by atoms with van der Waals surface area (Å²) in [7, 11) is 3.36. The number of carbonyl (C=O) groups excluding carboxylic acids is 1. The van der Waals surface area contributed by atoms with Gasteiger partial charge in [0.2, 0.25) is 0 Å². The number of hydrogen-bond donors (Lipinski definition) is 0. The number of benzene rings is 1. The number of hydrogen-bond acceptors (Lipinski definition) is 6. The molecular weight excluding hydrogens is 326 g/mol. The summed E-state index contributed by atoms with van der Waals surface area (Å²) in [6.07, 6.45) is 1.46. The van der Waals surface area contributed by atoms with Crippen molar-refractivity contribution in [3.8, 4) is 11.4 Å². The van der Waals surface area contributed by atoms with Gasteiger partial charge in [0.25, 0.3) is 5.91 Å². The average Bonchev–Trinajstić information content (AvgIpc) is 3.25. The van der Waals surface area contributed by atoms with E-state index in [1.54, 1.807) is 48.6 Å². The van der Waals surface area contributed by atoms with Crippen LogP contribution in [-0.4, -0.2) is 45.2 Å². The molecule has 0 radical (unpaired) electrons. The zero-order valence-electron chi connectivity index (χ0n) is 13.6. The van der Waals surface area contributed by atoms with Crippen LogP contribution < -0.4 is 4.74 Å². The molecule has 0 saturated heterocycles. The highest BCUT2D eigenvalue weighted by Gasteiger charge is 2.16. The van der Waals surface area contributed by atoms with Gasteiger partial charge < -0.3 is 9.64 Å². The van der Waals surface area contributed by atoms with Crippen LogP contribution in [0.4, 0.5) is 0 Å². The second-order valence-electron chi connectivity index (χ2n) is 5.31. The lowest BCUT2D eigenvalue weighted by atomic mass is 10.1. The van der Waals surface area contributed by atoms with Gasteiger partial charge in [-0.2, -0.15) is 4.68 Å². The molecule has 3 aromatic rings. The Hall–Kier alpha value is -2.74. The summed E-state index contributed by atoms with van der Waals surface area (Å²) in [6, 6.07) is 9.32. The molecule has 0 aliphatic heterocycles. The van der Waals surface area contributed by atoms with Crippen molar-refractivity contribution in [2.24, 2.45) is 0 Å². The zero-order valence-corrected chi connectivity index (χ0v) is 14.4. The Morgan fingerprint density at radius 3 is 2.79 bits per heavy atom. The molecule has 1 amide bonds. The predicted molar refractivity (Wildman–Crippen MR) is 90.6 cm³/mol. The summed E-state index contributed by atoms with van der Waals surface area (Å²) in [6.45, 7) is 2.63. The van der Waals surface area contributed by atoms with E-state index in [-0.39, 0.29) is 5.91 Å². The topological polar surface area (TPSA) is 73.1 Å². The van der Waals surface area contributed by atoms with Gasteiger partial charge in [0.15, 0.2) is 0 Å². The molecule has 124 valence electrons. The lowest BCUT2D eigenvalue weighted by Crippen LogP contribution is -2.26. The molecule has 24 heavy (non-hydrogen) atoms. The van der Waals surface area contributed by atoms with E-state index in [1.807, 2.05) is 6.07 Å². The van der Waals surface area contributed by atoms with Crippen molar-refractivity contribution in [3.05, 3.63) is 52.0 Å². The van der Waals surface area contributed by atoms with Gasteiger partial charge in [-0.3, -0.25) is 4.79 Å². The van der Waals surface area contributed by atoms with Crippen molar-refractivity contribution < 1.29 is 9.53 Å². The first kappa shape index (κ1) is 16.1. The lowest BCUT2D eigenvalue weighted by molar-refractivity contribution is 0.0786. The van der Waals surface area contributed by atoms with Crippen molar-refractivity contribution in [2.45, 2.75) is 13.5 Å². The first-order valence-corrected chi connectivity index (χ1v) is 8.12. The zero-order chi connectivity index (χ0) is 17.1. The maximum atomic E-state index is 12.7. The summed E-state index contributed by atoms with van der Waals surface area (Å²) >= 11 is 1.69. The third kappa shape index (κ3) is 3.28. The van der Waals surface area contributed by atoms with E-state index >= 15 is 0 Å². The largest absolute Gasteiger partial charge is 0.494 e. The molecule has 0 bridgehead atoms. The first-order valence-electron chi connectivity index (χ1n) is 7.30. The Bertz CT molecular complexity index is 844. The molecule has 8 heteroatoms. The number of amides is 1. The van der Waals surface area contributed by atoms with Crippen LogP contribution in [0.2, 0.25) is 0 Å². The molecule has 0 fully saturated rings. The fourth-order valence-electron chi connectivity index (χ4n) is 2.37. The Morgan fingerprint density at radius 2 is 2.17 bits per heavy atom. The van der Waals surface area contributed by atoms with Gasteiger partial charge in [-0.25, -0.2) is 0 Å². The van der Waals surface area contributed by atoms with E-state index in [2.05, 4.69) is 28.5 Å². The normalized spacial score (nSPS) is 10.6. The molecule has 0 saturated carbocycles. The number of carbonyl (C=O) groups is 1. The smallest absolute Gasteiger partial charge is 0.254 e. The fourth-order valence-corrected chi connectivity index (χ4v) is 3.31. The third-order valence-electron chi connectivity index (χ3n) is 3.56. The standard InChI is InChI=1S/C16H17N5O2S/c1-11-4-6-13(24-11)9-20(2)16(22)12-5-7-15(23-3)14(8-12)21-10-17-18-19-21/h4-8,10H,9H2,1-3H3. The van der Waals surface area contributed by atoms with E-state index in [1.165, 1.54) is 15.9 Å². The molecule has 2 aromatic heterocycles. The summed E-state index contributed by atoms with van der Waals surface area (Å²) in [5.74, 6) is 0.522. The minimum Gasteiger partial charge on any atom is -0.494 e. The fraction of sp³-hybridized carbons (Fsp3) is 0.250. The van der Waals surface area contributed by atoms with Crippen LogP contribution in [0.25, 0.3) is 5.69 Å². The molecular formula is C16H17N5O2S. The van der Waals surface area contributed by atoms with Gasteiger partial charge in [0.1, 0.15) is 17.8 Å². The SMILES string of the molecule is COc1ccc(C(=O)N(C)Cc2ccc(C)s2)cc1-n1cnnn1. The van der Waals surface area contributed by atoms with Crippen LogP contribution >= 0.6 is 11.3 Å². The van der Waals surface area contributed by atoms with Crippen LogP contribution in [0.1, 0.15) is 20.1 Å². The number of ether oxygens (including phenoxy) is 1. The minimum atomic E-state index is -0.0713. The van der Waals surface area contributed by atoms with Gasteiger partial charge in [-0.05, 0) is 47.7 Å². The quantitative estimate of drug-likeness (QED) is 0.711. The molecule has 3 rings (SSSR count). The highest BCUT2D eigenvalue weighted by molar-refractivity contribution is 7.11. The molecule has 0 aliphatic carbocycles. The van der Waals surface area contributed by atoms with Crippen LogP contribution in [0.15, 0.2) is 36.7 Å². The predicted octanol–water partition coefficient (Wildman–Crippen LogP) is 2.31. The van der Waals surface area contributed by atoms with E-state index in [4.69, 9.17) is 4.74 Å². The Morgan fingerprint density at radius 1 is 1.33 bits per heavy atom. The highest BCUT2D eigenvalue weighted by atomic mass is 32.1. The molecule has 7 nitrogen and oxygen atoms in total. The van der Waals surface area contributed by atoms with Crippen LogP contribution in [-0.2, 0) is 6.54 Å². The van der Waals surface area contributed by atoms with Gasteiger partial charge in [0.05, 0.1) is 13.7 Å². The van der Waals surface area contributed by atoms with Gasteiger partial charge in [0, 0.05) is 22.4 Å². The third-order valence-corrected chi connectivity index (χ3v) is 4.54. The summed E-state index contributed by atoms with van der Waals surface area (Å²) in [5, 5.41) is 11.1. The molecule has 0 N–H and O–H groups in total. The van der Waals surface area contributed by atoms with Crippen molar-refractivity contribution in [2.75, 3.05) is 14.2 Å². The summed E-state index contributed by atoms with van der Waals surface area (Å²) in [4.78, 5) is 16.8. The number of thiophene rings is 1. The second kappa shape index (κ2) is 6.79. The average molecular weight is 343 g/mol.